The SMILES string of the molecule is CC/C(C)=C(\CC)[C@H]1CC(=O)CC1(C)C. The molecule has 15 heavy (non-hydrogen) atoms. The topological polar surface area (TPSA) is 17.1 Å². The predicted molar refractivity (Wildman–Crippen MR) is 64.8 cm³/mol. The van der Waals surface area contributed by atoms with Gasteiger partial charge in [0.05, 0.1) is 0 Å². The Bertz CT molecular complexity index is 284. The first kappa shape index (κ1) is 12.5. The lowest BCUT2D eigenvalue weighted by Gasteiger charge is -2.29. The minimum atomic E-state index is 0.179. The molecule has 0 spiro atoms. The van der Waals surface area contributed by atoms with Crippen LogP contribution in [0.25, 0.3) is 0 Å². The van der Waals surface area contributed by atoms with E-state index >= 15 is 0 Å². The van der Waals surface area contributed by atoms with Gasteiger partial charge in [0.2, 0.25) is 0 Å². The summed E-state index contributed by atoms with van der Waals surface area (Å²) in [5.41, 5.74) is 3.21. The maximum absolute atomic E-state index is 11.6. The molecule has 1 nitrogen and oxygen atoms in total. The van der Waals surface area contributed by atoms with E-state index in [4.69, 9.17) is 0 Å². The number of carbonyl (C=O) groups is 1. The molecular weight excluding hydrogens is 184 g/mol. The maximum Gasteiger partial charge on any atom is 0.134 e. The quantitative estimate of drug-likeness (QED) is 0.637. The first-order valence-electron chi connectivity index (χ1n) is 6.12. The van der Waals surface area contributed by atoms with Crippen LogP contribution in [0, 0.1) is 11.3 Å². The largest absolute Gasteiger partial charge is 0.300 e. The average molecular weight is 208 g/mol. The molecule has 86 valence electrons. The van der Waals surface area contributed by atoms with E-state index in [1.54, 1.807) is 0 Å². The Morgan fingerprint density at radius 2 is 1.93 bits per heavy atom. The van der Waals surface area contributed by atoms with Gasteiger partial charge in [-0.3, -0.25) is 4.79 Å². The Kier molecular flexibility index (Phi) is 3.75. The summed E-state index contributed by atoms with van der Waals surface area (Å²) in [6, 6.07) is 0. The molecule has 1 rings (SSSR count). The normalized spacial score (nSPS) is 26.7. The van der Waals surface area contributed by atoms with Gasteiger partial charge in [0.1, 0.15) is 5.78 Å². The van der Waals surface area contributed by atoms with E-state index in [1.165, 1.54) is 11.1 Å². The number of ketones is 1. The van der Waals surface area contributed by atoms with E-state index in [1.807, 2.05) is 0 Å². The molecule has 0 bridgehead atoms. The molecule has 0 heterocycles. The van der Waals surface area contributed by atoms with Gasteiger partial charge in [0, 0.05) is 12.8 Å². The minimum Gasteiger partial charge on any atom is -0.300 e. The highest BCUT2D eigenvalue weighted by molar-refractivity contribution is 5.82. The van der Waals surface area contributed by atoms with Crippen molar-refractivity contribution >= 4 is 5.78 Å². The molecule has 1 atom stereocenters. The van der Waals surface area contributed by atoms with Crippen molar-refractivity contribution in [1.82, 2.24) is 0 Å². The molecule has 0 unspecified atom stereocenters. The Balaban J connectivity index is 3.01. The number of rotatable bonds is 3. The number of Topliss-reactive ketones (excluding diaryl/α,β-unsaturated/α-hetero) is 1. The molecule has 0 N–H and O–H groups in total. The van der Waals surface area contributed by atoms with Crippen LogP contribution in [-0.2, 0) is 4.79 Å². The summed E-state index contributed by atoms with van der Waals surface area (Å²) in [6.45, 7) is 11.1. The van der Waals surface area contributed by atoms with Gasteiger partial charge in [-0.2, -0.15) is 0 Å². The van der Waals surface area contributed by atoms with Crippen LogP contribution in [0.2, 0.25) is 0 Å². The van der Waals surface area contributed by atoms with Crippen molar-refractivity contribution < 1.29 is 4.79 Å². The molecule has 1 heteroatoms. The summed E-state index contributed by atoms with van der Waals surface area (Å²) < 4.78 is 0. The van der Waals surface area contributed by atoms with Crippen molar-refractivity contribution in [2.45, 2.75) is 60.3 Å². The van der Waals surface area contributed by atoms with Crippen molar-refractivity contribution in [3.63, 3.8) is 0 Å². The van der Waals surface area contributed by atoms with Crippen molar-refractivity contribution in [3.8, 4) is 0 Å². The van der Waals surface area contributed by atoms with E-state index < -0.39 is 0 Å². The highest BCUT2D eigenvalue weighted by Gasteiger charge is 2.41. The summed E-state index contributed by atoms with van der Waals surface area (Å²) in [4.78, 5) is 11.6. The zero-order valence-corrected chi connectivity index (χ0v) is 10.8. The van der Waals surface area contributed by atoms with Gasteiger partial charge in [-0.1, -0.05) is 38.8 Å². The lowest BCUT2D eigenvalue weighted by Crippen LogP contribution is -2.20. The second kappa shape index (κ2) is 4.51. The fraction of sp³-hybridized carbons (Fsp3) is 0.786. The van der Waals surface area contributed by atoms with Gasteiger partial charge in [0.15, 0.2) is 0 Å². The summed E-state index contributed by atoms with van der Waals surface area (Å²) in [6.07, 6.45) is 3.75. The second-order valence-corrected chi connectivity index (χ2v) is 5.47. The average Bonchev–Trinajstić information content (AvgIpc) is 2.41. The monoisotopic (exact) mass is 208 g/mol. The van der Waals surface area contributed by atoms with Crippen LogP contribution in [0.15, 0.2) is 11.1 Å². The Hall–Kier alpha value is -0.590. The molecule has 1 saturated carbocycles. The van der Waals surface area contributed by atoms with E-state index in [-0.39, 0.29) is 5.41 Å². The van der Waals surface area contributed by atoms with Crippen molar-refractivity contribution in [3.05, 3.63) is 11.1 Å². The van der Waals surface area contributed by atoms with E-state index in [2.05, 4.69) is 34.6 Å². The first-order valence-corrected chi connectivity index (χ1v) is 6.12. The molecule has 0 saturated heterocycles. The highest BCUT2D eigenvalue weighted by atomic mass is 16.1. The number of allylic oxidation sites excluding steroid dienone is 2. The van der Waals surface area contributed by atoms with E-state index in [9.17, 15) is 4.79 Å². The summed E-state index contributed by atoms with van der Waals surface area (Å²) in [5.74, 6) is 0.940. The van der Waals surface area contributed by atoms with Crippen LogP contribution >= 0.6 is 0 Å². The van der Waals surface area contributed by atoms with Gasteiger partial charge in [-0.25, -0.2) is 0 Å². The molecular formula is C14H24O. The lowest BCUT2D eigenvalue weighted by atomic mass is 9.75. The molecule has 0 aromatic carbocycles. The van der Waals surface area contributed by atoms with Crippen LogP contribution in [0.3, 0.4) is 0 Å². The van der Waals surface area contributed by atoms with E-state index in [0.717, 1.165) is 25.7 Å². The number of carbonyl (C=O) groups excluding carboxylic acids is 1. The Morgan fingerprint density at radius 3 is 2.27 bits per heavy atom. The third kappa shape index (κ3) is 2.50. The first-order chi connectivity index (χ1) is 6.92. The molecule has 0 amide bonds. The van der Waals surface area contributed by atoms with Crippen molar-refractivity contribution in [2.24, 2.45) is 11.3 Å². The van der Waals surface area contributed by atoms with E-state index in [0.29, 0.717) is 11.7 Å². The minimum absolute atomic E-state index is 0.179. The number of hydrogen-bond acceptors (Lipinski definition) is 1. The molecule has 0 radical (unpaired) electrons. The Morgan fingerprint density at radius 1 is 1.33 bits per heavy atom. The molecule has 1 aliphatic carbocycles. The predicted octanol–water partition coefficient (Wildman–Crippen LogP) is 4.13. The van der Waals surface area contributed by atoms with Gasteiger partial charge >= 0.3 is 0 Å². The van der Waals surface area contributed by atoms with Crippen LogP contribution in [-0.4, -0.2) is 5.78 Å². The third-order valence-electron chi connectivity index (χ3n) is 3.91. The van der Waals surface area contributed by atoms with Crippen molar-refractivity contribution in [2.75, 3.05) is 0 Å². The summed E-state index contributed by atoms with van der Waals surface area (Å²) >= 11 is 0. The fourth-order valence-corrected chi connectivity index (χ4v) is 2.88. The maximum atomic E-state index is 11.6. The standard InChI is InChI=1S/C14H24O/c1-6-10(3)12(7-2)13-8-11(15)9-14(13,4)5/h13H,6-9H2,1-5H3/b12-10+/t13-/m1/s1. The number of hydrogen-bond donors (Lipinski definition) is 0. The molecule has 1 fully saturated rings. The summed E-state index contributed by atoms with van der Waals surface area (Å²) in [7, 11) is 0. The molecule has 0 aromatic heterocycles. The van der Waals surface area contributed by atoms with Crippen LogP contribution in [0.1, 0.15) is 60.3 Å². The smallest absolute Gasteiger partial charge is 0.134 e. The fourth-order valence-electron chi connectivity index (χ4n) is 2.88. The van der Waals surface area contributed by atoms with Crippen LogP contribution < -0.4 is 0 Å². The van der Waals surface area contributed by atoms with Gasteiger partial charge < -0.3 is 0 Å². The zero-order valence-electron chi connectivity index (χ0n) is 10.8. The molecule has 0 aliphatic heterocycles. The van der Waals surface area contributed by atoms with Gasteiger partial charge in [-0.15, -0.1) is 0 Å². The summed E-state index contributed by atoms with van der Waals surface area (Å²) in [5, 5.41) is 0. The van der Waals surface area contributed by atoms with Crippen LogP contribution in [0.4, 0.5) is 0 Å². The van der Waals surface area contributed by atoms with Gasteiger partial charge in [0.25, 0.3) is 0 Å². The molecule has 1 aliphatic rings. The Labute approximate surface area is 93.9 Å². The third-order valence-corrected chi connectivity index (χ3v) is 3.91. The van der Waals surface area contributed by atoms with Crippen LogP contribution in [0.5, 0.6) is 0 Å². The zero-order chi connectivity index (χ0) is 11.6. The lowest BCUT2D eigenvalue weighted by molar-refractivity contribution is -0.117. The van der Waals surface area contributed by atoms with Gasteiger partial charge in [-0.05, 0) is 31.1 Å². The van der Waals surface area contributed by atoms with Crippen molar-refractivity contribution in [1.29, 1.82) is 0 Å². The molecule has 0 aromatic rings. The highest BCUT2D eigenvalue weighted by Crippen LogP contribution is 2.46. The second-order valence-electron chi connectivity index (χ2n) is 5.47.